The van der Waals surface area contributed by atoms with E-state index >= 15 is 0 Å². The van der Waals surface area contributed by atoms with E-state index in [9.17, 15) is 0 Å². The maximum atomic E-state index is 5.40. The lowest BCUT2D eigenvalue weighted by Crippen LogP contribution is -2.18. The van der Waals surface area contributed by atoms with E-state index in [1.54, 1.807) is 14.2 Å². The van der Waals surface area contributed by atoms with E-state index in [-0.39, 0.29) is 6.04 Å². The van der Waals surface area contributed by atoms with E-state index < -0.39 is 0 Å². The van der Waals surface area contributed by atoms with Crippen molar-refractivity contribution in [1.29, 1.82) is 0 Å². The van der Waals surface area contributed by atoms with Gasteiger partial charge in [-0.05, 0) is 30.7 Å². The molecule has 2 rings (SSSR count). The molecule has 2 aromatic rings. The van der Waals surface area contributed by atoms with Gasteiger partial charge in [-0.2, -0.15) is 0 Å². The predicted octanol–water partition coefficient (Wildman–Crippen LogP) is 3.55. The van der Waals surface area contributed by atoms with Crippen LogP contribution in [0.25, 0.3) is 0 Å². The normalized spacial score (nSPS) is 11.9. The Bertz CT molecular complexity index is 554. The van der Waals surface area contributed by atoms with Crippen LogP contribution in [0.4, 0.5) is 0 Å². The number of hydrogen-bond acceptors (Lipinski definition) is 3. The molecule has 106 valence electrons. The van der Waals surface area contributed by atoms with Gasteiger partial charge in [0, 0.05) is 18.2 Å². The van der Waals surface area contributed by atoms with Gasteiger partial charge in [-0.15, -0.1) is 0 Å². The van der Waals surface area contributed by atoms with Crippen LogP contribution in [0.3, 0.4) is 0 Å². The van der Waals surface area contributed by atoms with Crippen molar-refractivity contribution >= 4 is 0 Å². The molecule has 20 heavy (non-hydrogen) atoms. The number of benzene rings is 2. The van der Waals surface area contributed by atoms with Crippen molar-refractivity contribution in [3.8, 4) is 11.5 Å². The van der Waals surface area contributed by atoms with Crippen molar-refractivity contribution in [1.82, 2.24) is 5.32 Å². The first kappa shape index (κ1) is 14.4. The highest BCUT2D eigenvalue weighted by molar-refractivity contribution is 5.35. The van der Waals surface area contributed by atoms with Gasteiger partial charge in [-0.1, -0.05) is 30.3 Å². The van der Waals surface area contributed by atoms with Gasteiger partial charge in [-0.25, -0.2) is 0 Å². The van der Waals surface area contributed by atoms with Gasteiger partial charge >= 0.3 is 0 Å². The fraction of sp³-hybridized carbons (Fsp3) is 0.294. The van der Waals surface area contributed by atoms with Crippen molar-refractivity contribution in [2.24, 2.45) is 0 Å². The summed E-state index contributed by atoms with van der Waals surface area (Å²) in [5, 5.41) is 3.51. The molecule has 0 fully saturated rings. The van der Waals surface area contributed by atoms with Crippen LogP contribution in [0.5, 0.6) is 11.5 Å². The Morgan fingerprint density at radius 1 is 1.00 bits per heavy atom. The molecule has 0 aliphatic heterocycles. The van der Waals surface area contributed by atoms with Crippen LogP contribution in [0.1, 0.15) is 24.1 Å². The van der Waals surface area contributed by atoms with E-state index in [1.165, 1.54) is 5.56 Å². The molecule has 0 aliphatic carbocycles. The lowest BCUT2D eigenvalue weighted by Gasteiger charge is -2.17. The minimum atomic E-state index is 0.220. The summed E-state index contributed by atoms with van der Waals surface area (Å²) >= 11 is 0. The standard InChI is InChI=1S/C17H21NO2/c1-13(16-9-4-5-10-17(16)20-3)18-12-14-7-6-8-15(11-14)19-2/h4-11,13,18H,12H2,1-3H3/t13-/m0/s1. The number of para-hydroxylation sites is 1. The fourth-order valence-corrected chi connectivity index (χ4v) is 2.19. The van der Waals surface area contributed by atoms with Crippen LogP contribution in [0, 0.1) is 0 Å². The molecule has 0 saturated heterocycles. The average Bonchev–Trinajstić information content (AvgIpc) is 2.52. The summed E-state index contributed by atoms with van der Waals surface area (Å²) in [5.41, 5.74) is 2.36. The molecule has 1 atom stereocenters. The largest absolute Gasteiger partial charge is 0.497 e. The Labute approximate surface area is 120 Å². The van der Waals surface area contributed by atoms with Crippen LogP contribution in [0.15, 0.2) is 48.5 Å². The molecule has 2 aromatic carbocycles. The molecule has 0 bridgehead atoms. The van der Waals surface area contributed by atoms with Gasteiger partial charge in [-0.3, -0.25) is 0 Å². The van der Waals surface area contributed by atoms with E-state index in [2.05, 4.69) is 24.4 Å². The number of rotatable bonds is 6. The highest BCUT2D eigenvalue weighted by Gasteiger charge is 2.10. The zero-order valence-corrected chi connectivity index (χ0v) is 12.2. The van der Waals surface area contributed by atoms with Crippen molar-refractivity contribution in [3.63, 3.8) is 0 Å². The molecular formula is C17H21NO2. The van der Waals surface area contributed by atoms with Gasteiger partial charge in [0.05, 0.1) is 14.2 Å². The van der Waals surface area contributed by atoms with Crippen molar-refractivity contribution in [2.75, 3.05) is 14.2 Å². The second kappa shape index (κ2) is 6.96. The summed E-state index contributed by atoms with van der Waals surface area (Å²) < 4.78 is 10.6. The highest BCUT2D eigenvalue weighted by Crippen LogP contribution is 2.24. The van der Waals surface area contributed by atoms with E-state index in [0.717, 1.165) is 23.6 Å². The van der Waals surface area contributed by atoms with Gasteiger partial charge in [0.25, 0.3) is 0 Å². The highest BCUT2D eigenvalue weighted by atomic mass is 16.5. The maximum Gasteiger partial charge on any atom is 0.123 e. The van der Waals surface area contributed by atoms with E-state index in [1.807, 2.05) is 36.4 Å². The third kappa shape index (κ3) is 3.52. The first-order valence-corrected chi connectivity index (χ1v) is 6.74. The van der Waals surface area contributed by atoms with Gasteiger partial charge in [0.15, 0.2) is 0 Å². The van der Waals surface area contributed by atoms with E-state index in [0.29, 0.717) is 0 Å². The van der Waals surface area contributed by atoms with Crippen LogP contribution in [-0.2, 0) is 6.54 Å². The Kier molecular flexibility index (Phi) is 5.02. The first-order chi connectivity index (χ1) is 9.74. The fourth-order valence-electron chi connectivity index (χ4n) is 2.19. The molecule has 0 radical (unpaired) electrons. The number of methoxy groups -OCH3 is 2. The number of hydrogen-bond donors (Lipinski definition) is 1. The second-order valence-electron chi connectivity index (χ2n) is 4.70. The van der Waals surface area contributed by atoms with Gasteiger partial charge in [0.2, 0.25) is 0 Å². The van der Waals surface area contributed by atoms with Gasteiger partial charge < -0.3 is 14.8 Å². The van der Waals surface area contributed by atoms with E-state index in [4.69, 9.17) is 9.47 Å². The summed E-state index contributed by atoms with van der Waals surface area (Å²) in [4.78, 5) is 0. The third-order valence-electron chi connectivity index (χ3n) is 3.35. The Morgan fingerprint density at radius 2 is 1.80 bits per heavy atom. The number of nitrogens with one attached hydrogen (secondary N) is 1. The predicted molar refractivity (Wildman–Crippen MR) is 81.2 cm³/mol. The van der Waals surface area contributed by atoms with Crippen molar-refractivity contribution < 1.29 is 9.47 Å². The van der Waals surface area contributed by atoms with Crippen LogP contribution in [-0.4, -0.2) is 14.2 Å². The molecule has 0 saturated carbocycles. The second-order valence-corrected chi connectivity index (χ2v) is 4.70. The monoisotopic (exact) mass is 271 g/mol. The molecule has 3 heteroatoms. The molecule has 1 N–H and O–H groups in total. The van der Waals surface area contributed by atoms with Gasteiger partial charge in [0.1, 0.15) is 11.5 Å². The zero-order chi connectivity index (χ0) is 14.4. The number of ether oxygens (including phenoxy) is 2. The third-order valence-corrected chi connectivity index (χ3v) is 3.35. The maximum absolute atomic E-state index is 5.40. The summed E-state index contributed by atoms with van der Waals surface area (Å²) in [7, 11) is 3.39. The lowest BCUT2D eigenvalue weighted by molar-refractivity contribution is 0.401. The Morgan fingerprint density at radius 3 is 2.55 bits per heavy atom. The molecule has 0 unspecified atom stereocenters. The molecule has 0 aromatic heterocycles. The van der Waals surface area contributed by atoms with Crippen LogP contribution in [0.2, 0.25) is 0 Å². The minimum Gasteiger partial charge on any atom is -0.497 e. The SMILES string of the molecule is COc1cccc(CN[C@@H](C)c2ccccc2OC)c1. The average molecular weight is 271 g/mol. The summed E-state index contributed by atoms with van der Waals surface area (Å²) in [6.07, 6.45) is 0. The topological polar surface area (TPSA) is 30.5 Å². The first-order valence-electron chi connectivity index (χ1n) is 6.74. The zero-order valence-electron chi connectivity index (χ0n) is 12.2. The molecule has 3 nitrogen and oxygen atoms in total. The smallest absolute Gasteiger partial charge is 0.123 e. The Balaban J connectivity index is 2.02. The molecule has 0 heterocycles. The molecular weight excluding hydrogens is 250 g/mol. The quantitative estimate of drug-likeness (QED) is 0.871. The van der Waals surface area contributed by atoms with Crippen molar-refractivity contribution in [3.05, 3.63) is 59.7 Å². The van der Waals surface area contributed by atoms with Crippen LogP contribution >= 0.6 is 0 Å². The molecule has 0 spiro atoms. The minimum absolute atomic E-state index is 0.220. The summed E-state index contributed by atoms with van der Waals surface area (Å²) in [6.45, 7) is 2.93. The van der Waals surface area contributed by atoms with Crippen LogP contribution < -0.4 is 14.8 Å². The Hall–Kier alpha value is -2.00. The van der Waals surface area contributed by atoms with Crippen molar-refractivity contribution in [2.45, 2.75) is 19.5 Å². The molecule has 0 amide bonds. The lowest BCUT2D eigenvalue weighted by atomic mass is 10.1. The summed E-state index contributed by atoms with van der Waals surface area (Å²) in [6, 6.07) is 16.4. The molecule has 0 aliphatic rings. The summed E-state index contributed by atoms with van der Waals surface area (Å²) in [5.74, 6) is 1.80.